The van der Waals surface area contributed by atoms with Crippen molar-refractivity contribution in [3.05, 3.63) is 92.1 Å². The molecule has 7 heteroatoms. The molecule has 0 saturated carbocycles. The third-order valence-corrected chi connectivity index (χ3v) is 8.15. The average Bonchev–Trinajstić information content (AvgIpc) is 3.34. The second-order valence-corrected chi connectivity index (χ2v) is 10.4. The first kappa shape index (κ1) is 23.1. The molecule has 2 aliphatic rings. The lowest BCUT2D eigenvalue weighted by molar-refractivity contribution is -0.134. The molecule has 2 amide bonds. The van der Waals surface area contributed by atoms with E-state index in [0.717, 1.165) is 13.0 Å². The van der Waals surface area contributed by atoms with E-state index in [-0.39, 0.29) is 17.9 Å². The maximum absolute atomic E-state index is 13.3. The Morgan fingerprint density at radius 1 is 0.912 bits per heavy atom. The number of hydrogen-bond acceptors (Lipinski definition) is 4. The lowest BCUT2D eigenvalue weighted by Crippen LogP contribution is -2.53. The minimum atomic E-state index is -0.00981. The van der Waals surface area contributed by atoms with Crippen LogP contribution in [-0.2, 0) is 11.2 Å². The number of carbonyl (C=O) groups is 2. The highest BCUT2D eigenvalue weighted by Gasteiger charge is 2.33. The van der Waals surface area contributed by atoms with Gasteiger partial charge in [0.1, 0.15) is 0 Å². The Labute approximate surface area is 209 Å². The second kappa shape index (κ2) is 9.90. The number of benzene rings is 2. The van der Waals surface area contributed by atoms with E-state index in [4.69, 9.17) is 11.6 Å². The normalized spacial score (nSPS) is 18.6. The molecule has 3 aromatic rings. The molecule has 0 radical (unpaired) electrons. The minimum absolute atomic E-state index is 0.00981. The van der Waals surface area contributed by atoms with Crippen LogP contribution in [0.4, 0.5) is 0 Å². The Morgan fingerprint density at radius 2 is 1.62 bits per heavy atom. The summed E-state index contributed by atoms with van der Waals surface area (Å²) in [5.74, 6) is 0.125. The molecule has 0 N–H and O–H groups in total. The number of thiophene rings is 1. The lowest BCUT2D eigenvalue weighted by Gasteiger charge is -2.39. The van der Waals surface area contributed by atoms with Crippen LogP contribution in [-0.4, -0.2) is 65.8 Å². The molecule has 1 fully saturated rings. The molecular weight excluding hydrogens is 466 g/mol. The van der Waals surface area contributed by atoms with Gasteiger partial charge < -0.3 is 9.80 Å². The van der Waals surface area contributed by atoms with Gasteiger partial charge in [-0.15, -0.1) is 11.3 Å². The van der Waals surface area contributed by atoms with Gasteiger partial charge in [0.2, 0.25) is 5.91 Å². The zero-order valence-corrected chi connectivity index (χ0v) is 20.8. The quantitative estimate of drug-likeness (QED) is 0.531. The molecule has 2 aromatic carbocycles. The van der Waals surface area contributed by atoms with Gasteiger partial charge in [-0.05, 0) is 65.7 Å². The van der Waals surface area contributed by atoms with Crippen LogP contribution in [0.1, 0.15) is 38.0 Å². The summed E-state index contributed by atoms with van der Waals surface area (Å²) in [5, 5.41) is 2.78. The van der Waals surface area contributed by atoms with Crippen molar-refractivity contribution < 1.29 is 9.59 Å². The van der Waals surface area contributed by atoms with Crippen LogP contribution in [0.2, 0.25) is 5.02 Å². The molecule has 1 atom stereocenters. The molecule has 176 valence electrons. The van der Waals surface area contributed by atoms with E-state index in [0.29, 0.717) is 43.3 Å². The molecule has 5 rings (SSSR count). The SMILES string of the molecule is Cc1ccccc1[C@H]1c2ccsc2CCN1CC(=O)N1CCN(C(=O)c2ccc(Cl)cc2)CC1. The molecule has 0 spiro atoms. The molecule has 1 saturated heterocycles. The Morgan fingerprint density at radius 3 is 2.35 bits per heavy atom. The van der Waals surface area contributed by atoms with Crippen LogP contribution in [0.3, 0.4) is 0 Å². The molecule has 5 nitrogen and oxygen atoms in total. The van der Waals surface area contributed by atoms with Crippen molar-refractivity contribution in [2.45, 2.75) is 19.4 Å². The summed E-state index contributed by atoms with van der Waals surface area (Å²) in [6.07, 6.45) is 0.978. The molecule has 0 bridgehead atoms. The standard InChI is InChI=1S/C27H28ClN3O2S/c1-19-4-2-3-5-22(19)26-23-11-17-34-24(23)10-12-31(26)18-25(32)29-13-15-30(16-14-29)27(33)20-6-8-21(28)9-7-20/h2-9,11,17,26H,10,12-16,18H2,1H3/t26-/m0/s1. The van der Waals surface area contributed by atoms with Gasteiger partial charge in [0.05, 0.1) is 12.6 Å². The third-order valence-electron chi connectivity index (χ3n) is 6.90. The maximum atomic E-state index is 13.3. The first-order valence-corrected chi connectivity index (χ1v) is 13.0. The van der Waals surface area contributed by atoms with Gasteiger partial charge in [0.15, 0.2) is 0 Å². The van der Waals surface area contributed by atoms with Gasteiger partial charge >= 0.3 is 0 Å². The molecule has 3 heterocycles. The zero-order chi connectivity index (χ0) is 23.7. The summed E-state index contributed by atoms with van der Waals surface area (Å²) in [6.45, 7) is 5.61. The Bertz CT molecular complexity index is 1180. The van der Waals surface area contributed by atoms with E-state index < -0.39 is 0 Å². The smallest absolute Gasteiger partial charge is 0.253 e. The molecule has 0 unspecified atom stereocenters. The monoisotopic (exact) mass is 493 g/mol. The predicted octanol–water partition coefficient (Wildman–Crippen LogP) is 4.64. The average molecular weight is 494 g/mol. The number of piperazine rings is 1. The van der Waals surface area contributed by atoms with Crippen molar-refractivity contribution in [3.8, 4) is 0 Å². The van der Waals surface area contributed by atoms with Crippen molar-refractivity contribution in [1.82, 2.24) is 14.7 Å². The summed E-state index contributed by atoms with van der Waals surface area (Å²) >= 11 is 7.76. The summed E-state index contributed by atoms with van der Waals surface area (Å²) in [7, 11) is 0. The summed E-state index contributed by atoms with van der Waals surface area (Å²) in [4.78, 5) is 33.6. The van der Waals surface area contributed by atoms with Gasteiger partial charge in [-0.1, -0.05) is 35.9 Å². The molecule has 0 aliphatic carbocycles. The van der Waals surface area contributed by atoms with Crippen LogP contribution in [0.5, 0.6) is 0 Å². The summed E-state index contributed by atoms with van der Waals surface area (Å²) in [5.41, 5.74) is 4.48. The second-order valence-electron chi connectivity index (χ2n) is 8.96. The molecule has 1 aromatic heterocycles. The van der Waals surface area contributed by atoms with Crippen molar-refractivity contribution in [3.63, 3.8) is 0 Å². The number of rotatable bonds is 4. The van der Waals surface area contributed by atoms with Crippen LogP contribution in [0, 0.1) is 6.92 Å². The van der Waals surface area contributed by atoms with E-state index in [1.165, 1.54) is 21.6 Å². The summed E-state index contributed by atoms with van der Waals surface area (Å²) < 4.78 is 0. The van der Waals surface area contributed by atoms with E-state index in [1.54, 1.807) is 24.3 Å². The fourth-order valence-electron chi connectivity index (χ4n) is 5.00. The van der Waals surface area contributed by atoms with Gasteiger partial charge in [-0.25, -0.2) is 0 Å². The number of fused-ring (bicyclic) bond motifs is 1. The first-order chi connectivity index (χ1) is 16.5. The van der Waals surface area contributed by atoms with Crippen molar-refractivity contribution in [2.75, 3.05) is 39.3 Å². The predicted molar refractivity (Wildman–Crippen MR) is 137 cm³/mol. The van der Waals surface area contributed by atoms with E-state index in [1.807, 2.05) is 21.1 Å². The van der Waals surface area contributed by atoms with E-state index in [9.17, 15) is 9.59 Å². The summed E-state index contributed by atoms with van der Waals surface area (Å²) in [6, 6.07) is 17.8. The third kappa shape index (κ3) is 4.63. The van der Waals surface area contributed by atoms with Crippen molar-refractivity contribution in [2.24, 2.45) is 0 Å². The van der Waals surface area contributed by atoms with Gasteiger partial charge in [-0.3, -0.25) is 14.5 Å². The molecule has 2 aliphatic heterocycles. The van der Waals surface area contributed by atoms with Crippen molar-refractivity contribution >= 4 is 34.8 Å². The Kier molecular flexibility index (Phi) is 6.73. The maximum Gasteiger partial charge on any atom is 0.253 e. The fourth-order valence-corrected chi connectivity index (χ4v) is 6.03. The van der Waals surface area contributed by atoms with Gasteiger partial charge in [0, 0.05) is 48.2 Å². The first-order valence-electron chi connectivity index (χ1n) is 11.7. The number of halogens is 1. The highest BCUT2D eigenvalue weighted by molar-refractivity contribution is 7.10. The van der Waals surface area contributed by atoms with E-state index in [2.05, 4.69) is 47.5 Å². The largest absolute Gasteiger partial charge is 0.338 e. The van der Waals surface area contributed by atoms with E-state index >= 15 is 0 Å². The number of aryl methyl sites for hydroxylation is 1. The highest BCUT2D eigenvalue weighted by Crippen LogP contribution is 2.38. The zero-order valence-electron chi connectivity index (χ0n) is 19.2. The number of nitrogens with zero attached hydrogens (tertiary/aromatic N) is 3. The van der Waals surface area contributed by atoms with Crippen LogP contribution >= 0.6 is 22.9 Å². The minimum Gasteiger partial charge on any atom is -0.338 e. The Hall–Kier alpha value is -2.67. The Balaban J connectivity index is 1.26. The van der Waals surface area contributed by atoms with Gasteiger partial charge in [0.25, 0.3) is 5.91 Å². The number of hydrogen-bond donors (Lipinski definition) is 0. The molecule has 34 heavy (non-hydrogen) atoms. The van der Waals surface area contributed by atoms with Crippen LogP contribution < -0.4 is 0 Å². The van der Waals surface area contributed by atoms with Crippen molar-refractivity contribution in [1.29, 1.82) is 0 Å². The highest BCUT2D eigenvalue weighted by atomic mass is 35.5. The van der Waals surface area contributed by atoms with Gasteiger partial charge in [-0.2, -0.15) is 0 Å². The van der Waals surface area contributed by atoms with Crippen LogP contribution in [0.15, 0.2) is 60.0 Å². The number of amides is 2. The van der Waals surface area contributed by atoms with Crippen LogP contribution in [0.25, 0.3) is 0 Å². The lowest BCUT2D eigenvalue weighted by atomic mass is 9.90. The topological polar surface area (TPSA) is 43.9 Å². The molecular formula is C27H28ClN3O2S. The fraction of sp³-hybridized carbons (Fsp3) is 0.333. The number of carbonyl (C=O) groups excluding carboxylic acids is 2.